The number of anilines is 1. The summed E-state index contributed by atoms with van der Waals surface area (Å²) in [6, 6.07) is 24.3. The van der Waals surface area contributed by atoms with E-state index in [0.717, 1.165) is 11.5 Å². The minimum atomic E-state index is -3.49. The molecule has 0 amide bonds. The lowest BCUT2D eigenvalue weighted by atomic mass is 10.1. The van der Waals surface area contributed by atoms with Crippen LogP contribution in [0.1, 0.15) is 18.5 Å². The van der Waals surface area contributed by atoms with Gasteiger partial charge in [-0.2, -0.15) is 4.31 Å². The minimum absolute atomic E-state index is 0.187. The molecule has 1 unspecified atom stereocenters. The molecule has 0 saturated carbocycles. The highest BCUT2D eigenvalue weighted by molar-refractivity contribution is 7.89. The highest BCUT2D eigenvalue weighted by Crippen LogP contribution is 2.27. The maximum atomic E-state index is 12.9. The molecule has 6 nitrogen and oxygen atoms in total. The van der Waals surface area contributed by atoms with E-state index in [4.69, 9.17) is 10.5 Å². The molecule has 1 aliphatic heterocycles. The molecule has 0 spiro atoms. The van der Waals surface area contributed by atoms with E-state index in [0.29, 0.717) is 31.9 Å². The molecular formula is C24H27N3O3S. The summed E-state index contributed by atoms with van der Waals surface area (Å²) in [5, 5.41) is 0. The monoisotopic (exact) mass is 437 g/mol. The van der Waals surface area contributed by atoms with Gasteiger partial charge in [0.1, 0.15) is 11.5 Å². The summed E-state index contributed by atoms with van der Waals surface area (Å²) in [6.07, 6.45) is 0. The maximum absolute atomic E-state index is 12.9. The molecule has 3 aromatic rings. The first-order valence-corrected chi connectivity index (χ1v) is 11.8. The molecule has 31 heavy (non-hydrogen) atoms. The lowest BCUT2D eigenvalue weighted by Crippen LogP contribution is -2.49. The van der Waals surface area contributed by atoms with Crippen LogP contribution in [0.15, 0.2) is 83.8 Å². The van der Waals surface area contributed by atoms with Gasteiger partial charge in [0.05, 0.1) is 4.90 Å². The second-order valence-corrected chi connectivity index (χ2v) is 9.61. The average molecular weight is 438 g/mol. The van der Waals surface area contributed by atoms with Crippen molar-refractivity contribution in [2.45, 2.75) is 17.9 Å². The van der Waals surface area contributed by atoms with Crippen LogP contribution in [0.25, 0.3) is 0 Å². The number of hydrogen-bond acceptors (Lipinski definition) is 5. The molecule has 1 heterocycles. The quantitative estimate of drug-likeness (QED) is 0.587. The van der Waals surface area contributed by atoms with Gasteiger partial charge in [0.25, 0.3) is 0 Å². The number of ether oxygens (including phenoxy) is 1. The Hall–Kier alpha value is -2.87. The molecule has 1 aliphatic rings. The van der Waals surface area contributed by atoms with Gasteiger partial charge in [-0.1, -0.05) is 30.3 Å². The predicted molar refractivity (Wildman–Crippen MR) is 123 cm³/mol. The van der Waals surface area contributed by atoms with E-state index in [-0.39, 0.29) is 10.9 Å². The summed E-state index contributed by atoms with van der Waals surface area (Å²) < 4.78 is 33.2. The first-order chi connectivity index (χ1) is 14.9. The summed E-state index contributed by atoms with van der Waals surface area (Å²) in [5.74, 6) is 1.60. The molecule has 7 heteroatoms. The van der Waals surface area contributed by atoms with Crippen molar-refractivity contribution in [1.29, 1.82) is 0 Å². The number of piperazine rings is 1. The summed E-state index contributed by atoms with van der Waals surface area (Å²) in [5.41, 5.74) is 7.41. The molecule has 0 bridgehead atoms. The Kier molecular flexibility index (Phi) is 6.27. The van der Waals surface area contributed by atoms with Crippen molar-refractivity contribution in [2.75, 3.05) is 31.9 Å². The van der Waals surface area contributed by atoms with Gasteiger partial charge in [-0.05, 0) is 61.0 Å². The third kappa shape index (κ3) is 4.90. The lowest BCUT2D eigenvalue weighted by Gasteiger charge is -2.37. The van der Waals surface area contributed by atoms with Gasteiger partial charge in [-0.25, -0.2) is 8.42 Å². The summed E-state index contributed by atoms with van der Waals surface area (Å²) in [6.45, 7) is 4.44. The Morgan fingerprint density at radius 3 is 2.00 bits per heavy atom. The Bertz CT molecular complexity index is 1090. The third-order valence-corrected chi connectivity index (χ3v) is 7.59. The second-order valence-electron chi connectivity index (χ2n) is 7.67. The molecule has 3 aromatic carbocycles. The fraction of sp³-hybridized carbons (Fsp3) is 0.250. The zero-order valence-electron chi connectivity index (χ0n) is 17.5. The van der Waals surface area contributed by atoms with Gasteiger partial charge in [0.15, 0.2) is 0 Å². The molecule has 162 valence electrons. The second kappa shape index (κ2) is 9.09. The summed E-state index contributed by atoms with van der Waals surface area (Å²) in [7, 11) is -3.49. The van der Waals surface area contributed by atoms with E-state index in [1.807, 2.05) is 42.5 Å². The van der Waals surface area contributed by atoms with Gasteiger partial charge >= 0.3 is 0 Å². The van der Waals surface area contributed by atoms with Crippen LogP contribution in [0, 0.1) is 0 Å². The summed E-state index contributed by atoms with van der Waals surface area (Å²) >= 11 is 0. The molecular weight excluding hydrogens is 410 g/mol. The van der Waals surface area contributed by atoms with Crippen molar-refractivity contribution in [3.63, 3.8) is 0 Å². The zero-order chi connectivity index (χ0) is 21.8. The van der Waals surface area contributed by atoms with E-state index in [9.17, 15) is 8.42 Å². The van der Waals surface area contributed by atoms with Crippen LogP contribution in [-0.2, 0) is 10.0 Å². The topological polar surface area (TPSA) is 75.9 Å². The van der Waals surface area contributed by atoms with Crippen molar-refractivity contribution < 1.29 is 13.2 Å². The van der Waals surface area contributed by atoms with E-state index in [2.05, 4.69) is 24.0 Å². The number of sulfonamides is 1. The van der Waals surface area contributed by atoms with Crippen LogP contribution in [0.5, 0.6) is 11.5 Å². The molecule has 1 atom stereocenters. The van der Waals surface area contributed by atoms with Crippen molar-refractivity contribution in [1.82, 2.24) is 9.21 Å². The van der Waals surface area contributed by atoms with Crippen LogP contribution in [0.4, 0.5) is 5.69 Å². The van der Waals surface area contributed by atoms with Crippen LogP contribution >= 0.6 is 0 Å². The normalized spacial score (nSPS) is 16.7. The molecule has 2 N–H and O–H groups in total. The van der Waals surface area contributed by atoms with Crippen molar-refractivity contribution >= 4 is 15.7 Å². The maximum Gasteiger partial charge on any atom is 0.243 e. The van der Waals surface area contributed by atoms with Crippen LogP contribution < -0.4 is 10.5 Å². The Morgan fingerprint density at radius 2 is 1.39 bits per heavy atom. The van der Waals surface area contributed by atoms with E-state index < -0.39 is 10.0 Å². The van der Waals surface area contributed by atoms with Crippen molar-refractivity contribution in [3.8, 4) is 11.5 Å². The molecule has 1 fully saturated rings. The first kappa shape index (κ1) is 21.4. The zero-order valence-corrected chi connectivity index (χ0v) is 18.3. The Labute approximate surface area is 183 Å². The standard InChI is InChI=1S/C24H27N3O3S/c1-19(20-7-11-23(12-8-20)30-22-5-3-2-4-6-22)26-15-17-27(18-16-26)31(28,29)24-13-9-21(25)10-14-24/h2-14,19H,15-18,25H2,1H3. The number of nitrogens with zero attached hydrogens (tertiary/aromatic N) is 2. The van der Waals surface area contributed by atoms with Gasteiger partial charge in [0, 0.05) is 37.9 Å². The average Bonchev–Trinajstić information content (AvgIpc) is 2.80. The van der Waals surface area contributed by atoms with Gasteiger partial charge in [-0.3, -0.25) is 4.90 Å². The van der Waals surface area contributed by atoms with Gasteiger partial charge in [-0.15, -0.1) is 0 Å². The third-order valence-electron chi connectivity index (χ3n) is 5.68. The van der Waals surface area contributed by atoms with Gasteiger partial charge in [0.2, 0.25) is 10.0 Å². The molecule has 0 radical (unpaired) electrons. The first-order valence-electron chi connectivity index (χ1n) is 10.4. The van der Waals surface area contributed by atoms with E-state index >= 15 is 0 Å². The number of benzene rings is 3. The number of para-hydroxylation sites is 1. The largest absolute Gasteiger partial charge is 0.457 e. The number of hydrogen-bond donors (Lipinski definition) is 1. The predicted octanol–water partition coefficient (Wildman–Crippen LogP) is 4.13. The fourth-order valence-corrected chi connectivity index (χ4v) is 5.19. The van der Waals surface area contributed by atoms with Gasteiger partial charge < -0.3 is 10.5 Å². The molecule has 4 rings (SSSR count). The van der Waals surface area contributed by atoms with E-state index in [1.54, 1.807) is 28.6 Å². The SMILES string of the molecule is CC(c1ccc(Oc2ccccc2)cc1)N1CCN(S(=O)(=O)c2ccc(N)cc2)CC1. The van der Waals surface area contributed by atoms with Crippen LogP contribution in [0.3, 0.4) is 0 Å². The highest BCUT2D eigenvalue weighted by atomic mass is 32.2. The van der Waals surface area contributed by atoms with Crippen LogP contribution in [-0.4, -0.2) is 43.8 Å². The molecule has 1 saturated heterocycles. The van der Waals surface area contributed by atoms with Crippen LogP contribution in [0.2, 0.25) is 0 Å². The Balaban J connectivity index is 1.36. The minimum Gasteiger partial charge on any atom is -0.457 e. The highest BCUT2D eigenvalue weighted by Gasteiger charge is 2.30. The van der Waals surface area contributed by atoms with E-state index in [1.165, 1.54) is 5.56 Å². The number of rotatable bonds is 6. The smallest absolute Gasteiger partial charge is 0.243 e. The fourth-order valence-electron chi connectivity index (χ4n) is 3.77. The lowest BCUT2D eigenvalue weighted by molar-refractivity contribution is 0.146. The number of nitrogen functional groups attached to an aromatic ring is 1. The summed E-state index contributed by atoms with van der Waals surface area (Å²) in [4.78, 5) is 2.60. The Morgan fingerprint density at radius 1 is 0.806 bits per heavy atom. The van der Waals surface area contributed by atoms with Crippen molar-refractivity contribution in [3.05, 3.63) is 84.4 Å². The number of nitrogens with two attached hydrogens (primary N) is 1. The molecule has 0 aromatic heterocycles. The van der Waals surface area contributed by atoms with Crippen molar-refractivity contribution in [2.24, 2.45) is 0 Å². The molecule has 0 aliphatic carbocycles.